The van der Waals surface area contributed by atoms with Crippen LogP contribution in [0.4, 0.5) is 10.5 Å². The second-order valence-electron chi connectivity index (χ2n) is 4.91. The molecular weight excluding hydrogens is 306 g/mol. The third-order valence-electron chi connectivity index (χ3n) is 2.85. The average Bonchev–Trinajstić information content (AvgIpc) is 2.90. The molecule has 2 N–H and O–H groups in total. The highest BCUT2D eigenvalue weighted by Crippen LogP contribution is 2.13. The number of carbonyl (C=O) groups is 1. The Bertz CT molecular complexity index is 726. The fraction of sp³-hybridized carbons (Fsp3) is 0.308. The minimum absolute atomic E-state index is 0.142. The third kappa shape index (κ3) is 4.55. The van der Waals surface area contributed by atoms with Gasteiger partial charge >= 0.3 is 6.03 Å². The van der Waals surface area contributed by atoms with Gasteiger partial charge in [0.25, 0.3) is 0 Å². The van der Waals surface area contributed by atoms with Gasteiger partial charge in [0, 0.05) is 18.0 Å². The molecular formula is C13H17N5O3S. The number of aromatic nitrogens is 3. The predicted octanol–water partition coefficient (Wildman–Crippen LogP) is 0.892. The smallest absolute Gasteiger partial charge is 0.319 e. The van der Waals surface area contributed by atoms with Crippen LogP contribution < -0.4 is 10.6 Å². The molecule has 22 heavy (non-hydrogen) atoms. The van der Waals surface area contributed by atoms with Crippen LogP contribution in [0.3, 0.4) is 0 Å². The molecule has 1 atom stereocenters. The van der Waals surface area contributed by atoms with Crippen LogP contribution in [0.2, 0.25) is 0 Å². The van der Waals surface area contributed by atoms with E-state index in [1.54, 1.807) is 11.0 Å². The molecule has 0 aliphatic heterocycles. The van der Waals surface area contributed by atoms with Crippen LogP contribution in [-0.2, 0) is 16.4 Å². The van der Waals surface area contributed by atoms with Crippen LogP contribution >= 0.6 is 0 Å². The molecule has 0 aliphatic rings. The average molecular weight is 323 g/mol. The zero-order valence-corrected chi connectivity index (χ0v) is 13.0. The molecule has 118 valence electrons. The van der Waals surface area contributed by atoms with Gasteiger partial charge in [-0.05, 0) is 31.2 Å². The molecule has 0 aliphatic carbocycles. The predicted molar refractivity (Wildman–Crippen MR) is 81.2 cm³/mol. The number of anilines is 1. The monoisotopic (exact) mass is 323 g/mol. The SMILES string of the molecule is C[C@@H](Cn1cncn1)NC(=O)Nc1ccc(S(C)(=O)=O)cc1. The second-order valence-corrected chi connectivity index (χ2v) is 6.93. The molecule has 0 spiro atoms. The molecule has 2 rings (SSSR count). The topological polar surface area (TPSA) is 106 Å². The highest BCUT2D eigenvalue weighted by molar-refractivity contribution is 7.90. The van der Waals surface area contributed by atoms with E-state index in [0.29, 0.717) is 12.2 Å². The number of nitrogens with zero attached hydrogens (tertiary/aromatic N) is 3. The Morgan fingerprint density at radius 2 is 2.00 bits per heavy atom. The van der Waals surface area contributed by atoms with Gasteiger partial charge in [0.15, 0.2) is 9.84 Å². The molecule has 1 heterocycles. The van der Waals surface area contributed by atoms with Gasteiger partial charge in [-0.25, -0.2) is 18.2 Å². The van der Waals surface area contributed by atoms with Gasteiger partial charge < -0.3 is 10.6 Å². The summed E-state index contributed by atoms with van der Waals surface area (Å²) in [5.41, 5.74) is 0.512. The summed E-state index contributed by atoms with van der Waals surface area (Å²) < 4.78 is 24.3. The van der Waals surface area contributed by atoms with Crippen LogP contribution in [-0.4, -0.2) is 41.5 Å². The lowest BCUT2D eigenvalue weighted by molar-refractivity contribution is 0.247. The number of urea groups is 1. The first-order valence-corrected chi connectivity index (χ1v) is 8.44. The van der Waals surface area contributed by atoms with Crippen molar-refractivity contribution in [2.24, 2.45) is 0 Å². The summed E-state index contributed by atoms with van der Waals surface area (Å²) in [6.45, 7) is 2.34. The maximum absolute atomic E-state index is 11.8. The summed E-state index contributed by atoms with van der Waals surface area (Å²) in [5, 5.41) is 9.35. The van der Waals surface area contributed by atoms with Gasteiger partial charge in [-0.1, -0.05) is 0 Å². The molecule has 0 saturated heterocycles. The van der Waals surface area contributed by atoms with E-state index in [1.807, 2.05) is 6.92 Å². The van der Waals surface area contributed by atoms with Crippen molar-refractivity contribution in [2.75, 3.05) is 11.6 Å². The van der Waals surface area contributed by atoms with E-state index in [4.69, 9.17) is 0 Å². The molecule has 0 bridgehead atoms. The van der Waals surface area contributed by atoms with Crippen molar-refractivity contribution in [3.63, 3.8) is 0 Å². The van der Waals surface area contributed by atoms with E-state index in [1.165, 1.54) is 30.6 Å². The number of nitrogens with one attached hydrogen (secondary N) is 2. The summed E-state index contributed by atoms with van der Waals surface area (Å²) in [6, 6.07) is 5.46. The lowest BCUT2D eigenvalue weighted by Crippen LogP contribution is -2.38. The Morgan fingerprint density at radius 1 is 1.32 bits per heavy atom. The number of carbonyl (C=O) groups excluding carboxylic acids is 1. The maximum atomic E-state index is 11.8. The summed E-state index contributed by atoms with van der Waals surface area (Å²) in [4.78, 5) is 15.9. The van der Waals surface area contributed by atoms with Crippen molar-refractivity contribution in [1.82, 2.24) is 20.1 Å². The fourth-order valence-electron chi connectivity index (χ4n) is 1.83. The van der Waals surface area contributed by atoms with Crippen molar-refractivity contribution in [3.8, 4) is 0 Å². The molecule has 1 aromatic carbocycles. The second kappa shape index (κ2) is 6.56. The Morgan fingerprint density at radius 3 is 2.55 bits per heavy atom. The lowest BCUT2D eigenvalue weighted by Gasteiger charge is -2.14. The molecule has 0 unspecified atom stereocenters. The molecule has 1 aromatic heterocycles. The number of rotatable bonds is 5. The Labute approximate surface area is 128 Å². The lowest BCUT2D eigenvalue weighted by atomic mass is 10.3. The van der Waals surface area contributed by atoms with Crippen molar-refractivity contribution >= 4 is 21.6 Å². The quantitative estimate of drug-likeness (QED) is 0.850. The number of sulfone groups is 1. The fourth-order valence-corrected chi connectivity index (χ4v) is 2.46. The Hall–Kier alpha value is -2.42. The van der Waals surface area contributed by atoms with E-state index in [0.717, 1.165) is 6.26 Å². The summed E-state index contributed by atoms with van der Waals surface area (Å²) in [5.74, 6) is 0. The van der Waals surface area contributed by atoms with Crippen LogP contribution in [0.1, 0.15) is 6.92 Å². The van der Waals surface area contributed by atoms with Crippen LogP contribution in [0.5, 0.6) is 0 Å². The minimum Gasteiger partial charge on any atom is -0.334 e. The van der Waals surface area contributed by atoms with Gasteiger partial charge in [0.1, 0.15) is 12.7 Å². The molecule has 8 nitrogen and oxygen atoms in total. The zero-order valence-electron chi connectivity index (χ0n) is 12.2. The first-order chi connectivity index (χ1) is 10.3. The summed E-state index contributed by atoms with van der Waals surface area (Å²) in [6.07, 6.45) is 4.13. The third-order valence-corrected chi connectivity index (χ3v) is 3.97. The maximum Gasteiger partial charge on any atom is 0.319 e. The number of hydrogen-bond acceptors (Lipinski definition) is 5. The van der Waals surface area contributed by atoms with E-state index >= 15 is 0 Å². The molecule has 2 aromatic rings. The van der Waals surface area contributed by atoms with Crippen LogP contribution in [0, 0.1) is 0 Å². The van der Waals surface area contributed by atoms with E-state index in [9.17, 15) is 13.2 Å². The van der Waals surface area contributed by atoms with Gasteiger partial charge in [0.05, 0.1) is 11.4 Å². The Kier molecular flexibility index (Phi) is 4.76. The van der Waals surface area contributed by atoms with Crippen molar-refractivity contribution in [3.05, 3.63) is 36.9 Å². The highest BCUT2D eigenvalue weighted by atomic mass is 32.2. The van der Waals surface area contributed by atoms with Gasteiger partial charge in [-0.3, -0.25) is 4.68 Å². The first-order valence-electron chi connectivity index (χ1n) is 6.54. The summed E-state index contributed by atoms with van der Waals surface area (Å²) >= 11 is 0. The van der Waals surface area contributed by atoms with Gasteiger partial charge in [0.2, 0.25) is 0 Å². The van der Waals surface area contributed by atoms with Crippen molar-refractivity contribution < 1.29 is 13.2 Å². The van der Waals surface area contributed by atoms with E-state index < -0.39 is 9.84 Å². The molecule has 0 fully saturated rings. The van der Waals surface area contributed by atoms with E-state index in [2.05, 4.69) is 20.7 Å². The molecule has 9 heteroatoms. The van der Waals surface area contributed by atoms with Crippen molar-refractivity contribution in [1.29, 1.82) is 0 Å². The minimum atomic E-state index is -3.24. The van der Waals surface area contributed by atoms with Gasteiger partial charge in [-0.2, -0.15) is 5.10 Å². The molecule has 0 saturated carbocycles. The van der Waals surface area contributed by atoms with Crippen LogP contribution in [0.15, 0.2) is 41.8 Å². The van der Waals surface area contributed by atoms with Crippen molar-refractivity contribution in [2.45, 2.75) is 24.4 Å². The first kappa shape index (κ1) is 16.0. The van der Waals surface area contributed by atoms with Gasteiger partial charge in [-0.15, -0.1) is 0 Å². The molecule has 2 amide bonds. The Balaban J connectivity index is 1.89. The number of amides is 2. The largest absolute Gasteiger partial charge is 0.334 e. The standard InChI is InChI=1S/C13H17N5O3S/c1-10(7-18-9-14-8-15-18)16-13(19)17-11-3-5-12(6-4-11)22(2,20)21/h3-6,8-10H,7H2,1-2H3,(H2,16,17,19)/t10-/m0/s1. The highest BCUT2D eigenvalue weighted by Gasteiger charge is 2.10. The zero-order chi connectivity index (χ0) is 16.2. The summed E-state index contributed by atoms with van der Waals surface area (Å²) in [7, 11) is -3.24. The van der Waals surface area contributed by atoms with E-state index in [-0.39, 0.29) is 17.0 Å². The number of benzene rings is 1. The van der Waals surface area contributed by atoms with Crippen LogP contribution in [0.25, 0.3) is 0 Å². The normalized spacial score (nSPS) is 12.6. The molecule has 0 radical (unpaired) electrons. The number of hydrogen-bond donors (Lipinski definition) is 2.